The van der Waals surface area contributed by atoms with Crippen LogP contribution in [-0.4, -0.2) is 59.4 Å². The Morgan fingerprint density at radius 1 is 1.11 bits per heavy atom. The van der Waals surface area contributed by atoms with Gasteiger partial charge in [0.25, 0.3) is 5.91 Å². The van der Waals surface area contributed by atoms with Crippen LogP contribution in [0.5, 0.6) is 0 Å². The fraction of sp³-hybridized carbons (Fsp3) is 0.385. The maximum atomic E-state index is 14.2. The highest BCUT2D eigenvalue weighted by Gasteiger charge is 2.65. The van der Waals surface area contributed by atoms with Crippen molar-refractivity contribution in [2.24, 2.45) is 11.7 Å². The van der Waals surface area contributed by atoms with Crippen LogP contribution < -0.4 is 10.6 Å². The van der Waals surface area contributed by atoms with E-state index < -0.39 is 23.4 Å². The van der Waals surface area contributed by atoms with Crippen LogP contribution in [0.1, 0.15) is 36.3 Å². The predicted octanol–water partition coefficient (Wildman–Crippen LogP) is 3.76. The van der Waals surface area contributed by atoms with Gasteiger partial charge in [-0.2, -0.15) is 5.26 Å². The molecule has 10 heteroatoms. The summed E-state index contributed by atoms with van der Waals surface area (Å²) in [6.07, 6.45) is 2.11. The highest BCUT2D eigenvalue weighted by atomic mass is 35.5. The number of rotatable bonds is 3. The molecule has 1 spiro atoms. The van der Waals surface area contributed by atoms with Crippen molar-refractivity contribution in [2.45, 2.75) is 36.8 Å². The van der Waals surface area contributed by atoms with Crippen molar-refractivity contribution in [1.82, 2.24) is 9.80 Å². The topological polar surface area (TPSA) is 111 Å². The molecule has 2 aromatic rings. The van der Waals surface area contributed by atoms with Crippen molar-refractivity contribution in [3.63, 3.8) is 0 Å². The van der Waals surface area contributed by atoms with Crippen molar-refractivity contribution in [3.8, 4) is 6.07 Å². The van der Waals surface area contributed by atoms with E-state index in [0.29, 0.717) is 28.5 Å². The lowest BCUT2D eigenvalue weighted by molar-refractivity contribution is -0.135. The first kappa shape index (κ1) is 24.6. The van der Waals surface area contributed by atoms with Gasteiger partial charge in [-0.05, 0) is 55.2 Å². The standard InChI is InChI=1S/C26H25Cl2N5O3/c1-31-25(36)33(21-10-18(27)9-19(28)11-21)24(35)26(31)14-32(23(34)17-6-7-20(30)8-17)13-22(26)16-4-2-15(12-29)3-5-16/h2-5,9-11,17,20,22H,6-8,13-14,30H2,1H3/t17?,20?,22-,26?/m0/s1. The molecule has 3 unspecified atom stereocenters. The molecular weight excluding hydrogens is 501 g/mol. The number of urea groups is 1. The van der Waals surface area contributed by atoms with E-state index >= 15 is 0 Å². The zero-order chi connectivity index (χ0) is 25.8. The number of carbonyl (C=O) groups is 3. The molecule has 2 aliphatic heterocycles. The van der Waals surface area contributed by atoms with Crippen LogP contribution in [0.3, 0.4) is 0 Å². The first-order chi connectivity index (χ1) is 17.1. The molecule has 1 saturated carbocycles. The first-order valence-corrected chi connectivity index (χ1v) is 12.5. The fourth-order valence-electron chi connectivity index (χ4n) is 5.87. The van der Waals surface area contributed by atoms with Crippen LogP contribution in [-0.2, 0) is 9.59 Å². The van der Waals surface area contributed by atoms with Gasteiger partial charge >= 0.3 is 6.03 Å². The smallest absolute Gasteiger partial charge is 0.332 e. The lowest BCUT2D eigenvalue weighted by Crippen LogP contribution is -2.54. The Morgan fingerprint density at radius 3 is 2.36 bits per heavy atom. The SMILES string of the molecule is CN1C(=O)N(c2cc(Cl)cc(Cl)c2)C(=O)C12CN(C(=O)C1CCC(N)C1)C[C@H]2c1ccc(C#N)cc1. The van der Waals surface area contributed by atoms with E-state index in [1.807, 2.05) is 0 Å². The number of hydrogen-bond acceptors (Lipinski definition) is 5. The Hall–Kier alpha value is -3.12. The van der Waals surface area contributed by atoms with Crippen LogP contribution in [0.2, 0.25) is 10.0 Å². The average Bonchev–Trinajstić information content (AvgIpc) is 3.51. The van der Waals surface area contributed by atoms with Gasteiger partial charge in [0.2, 0.25) is 5.91 Å². The number of amides is 4. The highest BCUT2D eigenvalue weighted by molar-refractivity contribution is 6.35. The van der Waals surface area contributed by atoms with Crippen LogP contribution >= 0.6 is 23.2 Å². The monoisotopic (exact) mass is 525 g/mol. The van der Waals surface area contributed by atoms with Gasteiger partial charge in [-0.1, -0.05) is 35.3 Å². The molecule has 0 bridgehead atoms. The molecule has 2 aromatic carbocycles. The van der Waals surface area contributed by atoms with E-state index in [9.17, 15) is 19.6 Å². The van der Waals surface area contributed by atoms with Crippen molar-refractivity contribution >= 4 is 46.7 Å². The van der Waals surface area contributed by atoms with Crippen molar-refractivity contribution in [1.29, 1.82) is 5.26 Å². The van der Waals surface area contributed by atoms with Gasteiger partial charge < -0.3 is 15.5 Å². The summed E-state index contributed by atoms with van der Waals surface area (Å²) < 4.78 is 0. The third-order valence-corrected chi connectivity index (χ3v) is 8.18. The minimum Gasteiger partial charge on any atom is -0.339 e. The summed E-state index contributed by atoms with van der Waals surface area (Å²) in [6, 6.07) is 13.1. The minimum absolute atomic E-state index is 0.00901. The molecule has 2 saturated heterocycles. The molecule has 36 heavy (non-hydrogen) atoms. The molecule has 2 heterocycles. The number of anilines is 1. The number of hydrogen-bond donors (Lipinski definition) is 1. The number of nitriles is 1. The Kier molecular flexibility index (Phi) is 6.19. The van der Waals surface area contributed by atoms with Gasteiger partial charge in [0.05, 0.1) is 23.9 Å². The highest BCUT2D eigenvalue weighted by Crippen LogP contribution is 2.47. The van der Waals surface area contributed by atoms with Gasteiger partial charge in [0.15, 0.2) is 0 Å². The predicted molar refractivity (Wildman–Crippen MR) is 136 cm³/mol. The Bertz CT molecular complexity index is 1270. The lowest BCUT2D eigenvalue weighted by Gasteiger charge is -2.33. The molecule has 2 N–H and O–H groups in total. The number of imide groups is 1. The molecule has 8 nitrogen and oxygen atoms in total. The van der Waals surface area contributed by atoms with Crippen molar-refractivity contribution < 1.29 is 14.4 Å². The molecule has 3 fully saturated rings. The molecular formula is C26H25Cl2N5O3. The summed E-state index contributed by atoms with van der Waals surface area (Å²) in [5, 5.41) is 9.83. The summed E-state index contributed by atoms with van der Waals surface area (Å²) in [5.74, 6) is -1.18. The maximum Gasteiger partial charge on any atom is 0.332 e. The van der Waals surface area contributed by atoms with E-state index in [-0.39, 0.29) is 36.6 Å². The van der Waals surface area contributed by atoms with Gasteiger partial charge in [0, 0.05) is 41.5 Å². The minimum atomic E-state index is -1.32. The van der Waals surface area contributed by atoms with Gasteiger partial charge in [0.1, 0.15) is 5.54 Å². The Morgan fingerprint density at radius 2 is 1.78 bits per heavy atom. The second-order valence-electron chi connectivity index (χ2n) is 9.81. The zero-order valence-corrected chi connectivity index (χ0v) is 21.2. The number of carbonyl (C=O) groups excluding carboxylic acids is 3. The summed E-state index contributed by atoms with van der Waals surface area (Å²) in [5.41, 5.74) is 6.26. The van der Waals surface area contributed by atoms with Crippen LogP contribution in [0.15, 0.2) is 42.5 Å². The van der Waals surface area contributed by atoms with E-state index in [1.54, 1.807) is 36.2 Å². The van der Waals surface area contributed by atoms with E-state index in [0.717, 1.165) is 16.9 Å². The number of halogens is 2. The molecule has 0 aromatic heterocycles. The molecule has 186 valence electrons. The first-order valence-electron chi connectivity index (χ1n) is 11.8. The van der Waals surface area contributed by atoms with E-state index in [4.69, 9.17) is 28.9 Å². The van der Waals surface area contributed by atoms with Gasteiger partial charge in [-0.3, -0.25) is 9.59 Å². The van der Waals surface area contributed by atoms with Crippen molar-refractivity contribution in [3.05, 3.63) is 63.6 Å². The second-order valence-corrected chi connectivity index (χ2v) is 10.7. The normalized spacial score (nSPS) is 27.9. The fourth-order valence-corrected chi connectivity index (χ4v) is 6.39. The third kappa shape index (κ3) is 3.83. The zero-order valence-electron chi connectivity index (χ0n) is 19.7. The summed E-state index contributed by atoms with van der Waals surface area (Å²) in [6.45, 7) is 0.331. The van der Waals surface area contributed by atoms with Crippen LogP contribution in [0, 0.1) is 17.2 Å². The summed E-state index contributed by atoms with van der Waals surface area (Å²) in [7, 11) is 1.59. The Balaban J connectivity index is 1.58. The number of likely N-dealkylation sites (N-methyl/N-ethyl adjacent to an activating group) is 1. The molecule has 5 rings (SSSR count). The Labute approximate surface area is 219 Å². The second kappa shape index (κ2) is 9.07. The maximum absolute atomic E-state index is 14.2. The van der Waals surface area contributed by atoms with Crippen LogP contribution in [0.4, 0.5) is 10.5 Å². The number of nitrogens with zero attached hydrogens (tertiary/aromatic N) is 4. The molecule has 3 aliphatic rings. The molecule has 0 radical (unpaired) electrons. The largest absolute Gasteiger partial charge is 0.339 e. The molecule has 1 aliphatic carbocycles. The number of benzene rings is 2. The summed E-state index contributed by atoms with van der Waals surface area (Å²) in [4.78, 5) is 45.5. The van der Waals surface area contributed by atoms with E-state index in [2.05, 4.69) is 6.07 Å². The lowest BCUT2D eigenvalue weighted by atomic mass is 9.80. The van der Waals surface area contributed by atoms with Gasteiger partial charge in [-0.25, -0.2) is 9.69 Å². The summed E-state index contributed by atoms with van der Waals surface area (Å²) >= 11 is 12.4. The van der Waals surface area contributed by atoms with Crippen LogP contribution in [0.25, 0.3) is 0 Å². The van der Waals surface area contributed by atoms with Crippen molar-refractivity contribution in [2.75, 3.05) is 25.0 Å². The number of nitrogens with two attached hydrogens (primary N) is 1. The van der Waals surface area contributed by atoms with Gasteiger partial charge in [-0.15, -0.1) is 0 Å². The number of likely N-dealkylation sites (tertiary alicyclic amines) is 1. The molecule has 4 atom stereocenters. The molecule has 4 amide bonds. The average molecular weight is 526 g/mol. The quantitative estimate of drug-likeness (QED) is 0.613. The third-order valence-electron chi connectivity index (χ3n) is 7.74. The van der Waals surface area contributed by atoms with E-state index in [1.165, 1.54) is 23.1 Å².